The van der Waals surface area contributed by atoms with Crippen molar-refractivity contribution in [1.29, 1.82) is 0 Å². The minimum Gasteiger partial charge on any atom is -0.375 e. The second-order valence-corrected chi connectivity index (χ2v) is 19.8. The normalized spacial score (nSPS) is 14.2. The van der Waals surface area contributed by atoms with Crippen molar-refractivity contribution in [2.45, 2.75) is 78.6 Å². The van der Waals surface area contributed by atoms with E-state index in [-0.39, 0.29) is 23.1 Å². The Hall–Kier alpha value is -5.54. The molecule has 8 aromatic carbocycles. The molecule has 0 bridgehead atoms. The quantitative estimate of drug-likeness (QED) is 0.110. The fraction of sp³-hybridized carbons (Fsp3) is 0.231. The van der Waals surface area contributed by atoms with Crippen LogP contribution in [0.4, 0.5) is 0 Å². The molecule has 0 unspecified atom stereocenters. The monoisotopic (exact) mass is 708 g/mol. The summed E-state index contributed by atoms with van der Waals surface area (Å²) in [4.78, 5) is 0. The lowest BCUT2D eigenvalue weighted by Crippen LogP contribution is -2.55. The molecule has 0 N–H and O–H groups in total. The van der Waals surface area contributed by atoms with Crippen molar-refractivity contribution in [3.05, 3.63) is 126 Å². The summed E-state index contributed by atoms with van der Waals surface area (Å²) in [5, 5.41) is 13.5. The molecule has 12 rings (SSSR count). The Kier molecular flexibility index (Phi) is 5.67. The molecule has 4 heterocycles. The zero-order valence-corrected chi connectivity index (χ0v) is 33.4. The highest BCUT2D eigenvalue weighted by molar-refractivity contribution is 6.90. The van der Waals surface area contributed by atoms with Crippen molar-refractivity contribution in [2.75, 3.05) is 0 Å². The molecule has 0 amide bonds. The van der Waals surface area contributed by atoms with Crippen molar-refractivity contribution in [1.82, 2.24) is 9.05 Å². The molecule has 3 heteroatoms. The van der Waals surface area contributed by atoms with Crippen molar-refractivity contribution < 1.29 is 0 Å². The fourth-order valence-electron chi connectivity index (χ4n) is 10.7. The maximum atomic E-state index is 2.74. The minimum absolute atomic E-state index is 0.0217. The van der Waals surface area contributed by atoms with E-state index in [1.807, 2.05) is 0 Å². The highest BCUT2D eigenvalue weighted by atomic mass is 15.0. The van der Waals surface area contributed by atoms with Crippen molar-refractivity contribution >= 4 is 93.7 Å². The maximum absolute atomic E-state index is 2.74. The molecule has 0 radical (unpaired) electrons. The van der Waals surface area contributed by atoms with E-state index in [9.17, 15) is 0 Å². The second kappa shape index (κ2) is 9.82. The molecule has 2 nitrogen and oxygen atoms in total. The van der Waals surface area contributed by atoms with Gasteiger partial charge in [0.05, 0.1) is 16.7 Å². The topological polar surface area (TPSA) is 9.86 Å². The third-order valence-corrected chi connectivity index (χ3v) is 13.4. The van der Waals surface area contributed by atoms with Gasteiger partial charge in [-0.2, -0.15) is 0 Å². The third-order valence-electron chi connectivity index (χ3n) is 13.4. The summed E-state index contributed by atoms with van der Waals surface area (Å²) in [6, 6.07) is 43.2. The van der Waals surface area contributed by atoms with Gasteiger partial charge in [-0.25, -0.2) is 0 Å². The number of nitrogens with zero attached hydrogens (tertiary/aromatic N) is 2. The summed E-state index contributed by atoms with van der Waals surface area (Å²) < 4.78 is 5.40. The molecule has 0 saturated carbocycles. The van der Waals surface area contributed by atoms with Crippen LogP contribution in [-0.4, -0.2) is 15.9 Å². The van der Waals surface area contributed by atoms with Crippen LogP contribution in [0.1, 0.15) is 79.0 Å². The standard InChI is InChI=1S/C52H45BN2/c1-50(2,3)30-19-22-42-37(25-30)38-26-32(52(7,8)9)27-39-45-35-20-17-28-23-31(51(4,5)6)24-29-18-21-36(44(35)43(28)29)49-46(45)53(55(42)47(38)39)40-15-12-14-34-33-13-10-11-16-41(33)54(49)48(34)40/h10-27H,1-9H3. The highest BCUT2D eigenvalue weighted by Crippen LogP contribution is 2.51. The van der Waals surface area contributed by atoms with Gasteiger partial charge in [-0.15, -0.1) is 0 Å². The molecule has 10 aromatic rings. The molecule has 0 aliphatic carbocycles. The number of benzene rings is 8. The molecule has 0 atom stereocenters. The molecule has 0 saturated heterocycles. The smallest absolute Gasteiger partial charge is 0.333 e. The summed E-state index contributed by atoms with van der Waals surface area (Å²) in [7, 11) is 0. The number of para-hydroxylation sites is 2. The molecule has 2 aromatic heterocycles. The largest absolute Gasteiger partial charge is 0.375 e. The lowest BCUT2D eigenvalue weighted by atomic mass is 9.45. The zero-order chi connectivity index (χ0) is 37.7. The van der Waals surface area contributed by atoms with Crippen LogP contribution in [0.25, 0.3) is 92.7 Å². The Bertz CT molecular complexity index is 3350. The van der Waals surface area contributed by atoms with Gasteiger partial charge in [0, 0.05) is 48.9 Å². The predicted octanol–water partition coefficient (Wildman–Crippen LogP) is 12.6. The third kappa shape index (κ3) is 3.87. The number of aromatic nitrogens is 2. The lowest BCUT2D eigenvalue weighted by molar-refractivity contribution is 0.590. The van der Waals surface area contributed by atoms with Gasteiger partial charge in [0.1, 0.15) is 0 Å². The van der Waals surface area contributed by atoms with E-state index in [1.54, 1.807) is 0 Å². The van der Waals surface area contributed by atoms with Gasteiger partial charge in [0.2, 0.25) is 0 Å². The van der Waals surface area contributed by atoms with Gasteiger partial charge >= 0.3 is 6.85 Å². The summed E-state index contributed by atoms with van der Waals surface area (Å²) in [6.45, 7) is 21.1. The average Bonchev–Trinajstić information content (AvgIpc) is 3.66. The van der Waals surface area contributed by atoms with Crippen molar-refractivity contribution in [2.24, 2.45) is 0 Å². The van der Waals surface area contributed by atoms with Crippen molar-refractivity contribution in [3.8, 4) is 16.8 Å². The Labute approximate surface area is 322 Å². The summed E-state index contributed by atoms with van der Waals surface area (Å²) >= 11 is 0. The maximum Gasteiger partial charge on any atom is 0.333 e. The zero-order valence-electron chi connectivity index (χ0n) is 33.4. The summed E-state index contributed by atoms with van der Waals surface area (Å²) in [5.74, 6) is 0. The lowest BCUT2D eigenvalue weighted by Gasteiger charge is -2.36. The molecule has 0 fully saturated rings. The molecule has 266 valence electrons. The SMILES string of the molecule is CC(C)(C)c1cc2ccc3c4c5c(c6ccc(c1)c2c36)-n1c2ccccc2c2cccc(c21)B5n1c2ccc(C(C)(C)C)cc2c2cc(C(C)(C)C)cc-4c21. The molecule has 2 aliphatic rings. The second-order valence-electron chi connectivity index (χ2n) is 19.8. The van der Waals surface area contributed by atoms with E-state index in [2.05, 4.69) is 181 Å². The fourth-order valence-corrected chi connectivity index (χ4v) is 10.7. The summed E-state index contributed by atoms with van der Waals surface area (Å²) in [5.41, 5.74) is 16.4. The Morgan fingerprint density at radius 1 is 0.455 bits per heavy atom. The highest BCUT2D eigenvalue weighted by Gasteiger charge is 2.43. The van der Waals surface area contributed by atoms with Gasteiger partial charge in [-0.05, 0) is 101 Å². The molecule has 2 aliphatic heterocycles. The van der Waals surface area contributed by atoms with Crippen LogP contribution in [0.2, 0.25) is 0 Å². The Morgan fingerprint density at radius 3 is 1.84 bits per heavy atom. The first kappa shape index (κ1) is 31.8. The molecular formula is C52H45BN2. The minimum atomic E-state index is -0.0276. The van der Waals surface area contributed by atoms with Gasteiger partial charge in [-0.3, -0.25) is 0 Å². The van der Waals surface area contributed by atoms with Gasteiger partial charge in [-0.1, -0.05) is 141 Å². The predicted molar refractivity (Wildman–Crippen MR) is 239 cm³/mol. The van der Waals surface area contributed by atoms with E-state index in [0.717, 1.165) is 0 Å². The first-order valence-corrected chi connectivity index (χ1v) is 20.1. The van der Waals surface area contributed by atoms with Crippen LogP contribution in [0, 0.1) is 0 Å². The number of hydrogen-bond donors (Lipinski definition) is 0. The summed E-state index contributed by atoms with van der Waals surface area (Å²) in [6.07, 6.45) is 0. The number of hydrogen-bond acceptors (Lipinski definition) is 0. The van der Waals surface area contributed by atoms with Crippen molar-refractivity contribution in [3.63, 3.8) is 0 Å². The average molecular weight is 709 g/mol. The van der Waals surface area contributed by atoms with E-state index < -0.39 is 0 Å². The Balaban J connectivity index is 1.38. The van der Waals surface area contributed by atoms with E-state index in [1.165, 1.54) is 120 Å². The van der Waals surface area contributed by atoms with E-state index in [0.29, 0.717) is 0 Å². The Morgan fingerprint density at radius 2 is 1.11 bits per heavy atom. The van der Waals surface area contributed by atoms with Gasteiger partial charge in [0.15, 0.2) is 0 Å². The van der Waals surface area contributed by atoms with E-state index >= 15 is 0 Å². The van der Waals surface area contributed by atoms with Crippen LogP contribution >= 0.6 is 0 Å². The first-order chi connectivity index (χ1) is 26.2. The van der Waals surface area contributed by atoms with Crippen LogP contribution in [0.5, 0.6) is 0 Å². The van der Waals surface area contributed by atoms with Gasteiger partial charge < -0.3 is 9.05 Å². The van der Waals surface area contributed by atoms with E-state index in [4.69, 9.17) is 0 Å². The first-order valence-electron chi connectivity index (χ1n) is 20.1. The molecule has 0 spiro atoms. The van der Waals surface area contributed by atoms with Crippen LogP contribution in [-0.2, 0) is 16.2 Å². The molecular weight excluding hydrogens is 663 g/mol. The van der Waals surface area contributed by atoms with Gasteiger partial charge in [0.25, 0.3) is 0 Å². The number of rotatable bonds is 0. The van der Waals surface area contributed by atoms with Crippen LogP contribution in [0.3, 0.4) is 0 Å². The number of fused-ring (bicyclic) bond motifs is 12. The molecule has 55 heavy (non-hydrogen) atoms. The van der Waals surface area contributed by atoms with Crippen LogP contribution < -0.4 is 10.9 Å². The van der Waals surface area contributed by atoms with Crippen LogP contribution in [0.15, 0.2) is 109 Å².